The number of hydrogen-bond donors (Lipinski definition) is 2. The van der Waals surface area contributed by atoms with Gasteiger partial charge in [0.25, 0.3) is 0 Å². The molecule has 480 valence electrons. The fourth-order valence-electron chi connectivity index (χ4n) is 10.9. The van der Waals surface area contributed by atoms with Crippen molar-refractivity contribution >= 4 is 19.7 Å². The predicted octanol–water partition coefficient (Wildman–Crippen LogP) is 22.5. The Morgan fingerprint density at radius 2 is 0.716 bits per heavy atom. The van der Waals surface area contributed by atoms with E-state index in [0.717, 1.165) is 57.8 Å². The van der Waals surface area contributed by atoms with E-state index in [1.807, 2.05) is 33.3 Å². The summed E-state index contributed by atoms with van der Waals surface area (Å²) in [5.41, 5.74) is 0. The number of carbonyl (C=O) groups excluding carboxylic acids is 2. The van der Waals surface area contributed by atoms with Crippen LogP contribution in [0.25, 0.3) is 0 Å². The number of nitrogens with zero attached hydrogens (tertiary/aromatic N) is 1. The highest BCUT2D eigenvalue weighted by molar-refractivity contribution is 7.47. The molecule has 0 aromatic carbocycles. The van der Waals surface area contributed by atoms with Gasteiger partial charge in [0.2, 0.25) is 5.91 Å². The molecule has 0 rings (SSSR count). The van der Waals surface area contributed by atoms with Crippen molar-refractivity contribution in [3.05, 3.63) is 24.3 Å². The van der Waals surface area contributed by atoms with E-state index in [-0.39, 0.29) is 25.1 Å². The Morgan fingerprint density at radius 3 is 1.05 bits per heavy atom. The number of phosphoric acid groups is 1. The second-order valence-electron chi connectivity index (χ2n) is 25.8. The molecule has 2 N–H and O–H groups in total. The van der Waals surface area contributed by atoms with Gasteiger partial charge in [-0.2, -0.15) is 0 Å². The Labute approximate surface area is 504 Å². The molecule has 0 aliphatic heterocycles. The Kier molecular flexibility index (Phi) is 60.4. The van der Waals surface area contributed by atoms with Gasteiger partial charge < -0.3 is 19.4 Å². The van der Waals surface area contributed by atoms with E-state index >= 15 is 0 Å². The zero-order valence-electron chi connectivity index (χ0n) is 55.1. The molecule has 0 spiro atoms. The number of likely N-dealkylation sites (N-methyl/N-ethyl adjacent to an activating group) is 1. The summed E-state index contributed by atoms with van der Waals surface area (Å²) in [7, 11) is 1.52. The highest BCUT2D eigenvalue weighted by Gasteiger charge is 2.30. The fraction of sp³-hybridized carbons (Fsp3) is 0.915. The summed E-state index contributed by atoms with van der Waals surface area (Å²) >= 11 is 0. The molecule has 0 radical (unpaired) electrons. The van der Waals surface area contributed by atoms with Gasteiger partial charge in [-0.3, -0.25) is 18.6 Å². The summed E-state index contributed by atoms with van der Waals surface area (Å²) in [4.78, 5) is 37.9. The molecule has 81 heavy (non-hydrogen) atoms. The van der Waals surface area contributed by atoms with E-state index in [1.54, 1.807) is 0 Å². The normalized spacial score (nSPS) is 13.6. The highest BCUT2D eigenvalue weighted by atomic mass is 31.2. The minimum Gasteiger partial charge on any atom is -0.456 e. The summed E-state index contributed by atoms with van der Waals surface area (Å²) in [6.07, 6.45) is 74.8. The van der Waals surface area contributed by atoms with Gasteiger partial charge in [0.1, 0.15) is 19.3 Å². The van der Waals surface area contributed by atoms with Crippen LogP contribution in [0.2, 0.25) is 0 Å². The minimum absolute atomic E-state index is 0.0444. The molecule has 0 saturated carbocycles. The van der Waals surface area contributed by atoms with Crippen molar-refractivity contribution in [3.63, 3.8) is 0 Å². The van der Waals surface area contributed by atoms with Crippen molar-refractivity contribution in [2.75, 3.05) is 40.9 Å². The first-order chi connectivity index (χ1) is 39.4. The largest absolute Gasteiger partial charge is 0.472 e. The van der Waals surface area contributed by atoms with Gasteiger partial charge in [-0.05, 0) is 57.4 Å². The monoisotopic (exact) mass is 1160 g/mol. The molecule has 0 fully saturated rings. The molecular weight excluding hydrogens is 1020 g/mol. The lowest BCUT2D eigenvalue weighted by Crippen LogP contribution is -2.47. The average molecular weight is 1160 g/mol. The Bertz CT molecular complexity index is 1430. The number of amides is 1. The summed E-state index contributed by atoms with van der Waals surface area (Å²) in [5, 5.41) is 3.08. The number of phosphoric ester groups is 1. The first kappa shape index (κ1) is 79.5. The second-order valence-corrected chi connectivity index (χ2v) is 27.2. The van der Waals surface area contributed by atoms with Gasteiger partial charge in [-0.1, -0.05) is 322 Å². The standard InChI is InChI=1S/C71H139N2O7P/c1-7-10-13-16-19-22-25-27-29-31-33-35-36-38-39-41-43-45-48-51-54-57-60-63-70(74)72-68(67-79-81(76,77)78-66-65-73(4,5)6)69(62-59-56-53-50-47-24-21-18-15-12-9-3)80-71(75)64-61-58-55-52-49-46-44-42-40-37-34-32-30-28-26-23-20-17-14-11-8-2/h27,29,59,62,68-69H,7-26,28,30-58,60-61,63-67H2,1-6H3,(H-,72,74,76,77)/p+1/b29-27+,62-59+. The lowest BCUT2D eigenvalue weighted by Gasteiger charge is -2.27. The van der Waals surface area contributed by atoms with Crippen molar-refractivity contribution in [2.24, 2.45) is 0 Å². The van der Waals surface area contributed by atoms with Crippen molar-refractivity contribution in [1.82, 2.24) is 5.32 Å². The smallest absolute Gasteiger partial charge is 0.456 e. The molecule has 0 aromatic heterocycles. The summed E-state index contributed by atoms with van der Waals surface area (Å²) < 4.78 is 30.8. The number of carbonyl (C=O) groups is 2. The van der Waals surface area contributed by atoms with Crippen LogP contribution in [0.1, 0.15) is 367 Å². The molecule has 0 aliphatic rings. The number of nitrogens with one attached hydrogen (secondary N) is 1. The summed E-state index contributed by atoms with van der Waals surface area (Å²) in [6, 6.07) is -0.843. The van der Waals surface area contributed by atoms with Crippen LogP contribution in [0.4, 0.5) is 0 Å². The summed E-state index contributed by atoms with van der Waals surface area (Å²) in [5.74, 6) is -0.483. The van der Waals surface area contributed by atoms with Crippen LogP contribution in [-0.4, -0.2) is 74.3 Å². The molecule has 0 saturated heterocycles. The van der Waals surface area contributed by atoms with Crippen LogP contribution < -0.4 is 5.32 Å². The molecule has 9 nitrogen and oxygen atoms in total. The van der Waals surface area contributed by atoms with Gasteiger partial charge in [-0.15, -0.1) is 0 Å². The van der Waals surface area contributed by atoms with Crippen molar-refractivity contribution in [1.29, 1.82) is 0 Å². The first-order valence-electron chi connectivity index (χ1n) is 35.7. The molecule has 0 aliphatic carbocycles. The fourth-order valence-corrected chi connectivity index (χ4v) is 11.6. The van der Waals surface area contributed by atoms with Crippen LogP contribution in [0.5, 0.6) is 0 Å². The van der Waals surface area contributed by atoms with Crippen molar-refractivity contribution in [3.8, 4) is 0 Å². The van der Waals surface area contributed by atoms with Gasteiger partial charge in [-0.25, -0.2) is 4.57 Å². The quantitative estimate of drug-likeness (QED) is 0.0205. The Hall–Kier alpha value is -1.51. The Morgan fingerprint density at radius 1 is 0.420 bits per heavy atom. The maximum Gasteiger partial charge on any atom is 0.472 e. The molecular formula is C71H140N2O7P+. The molecule has 0 aromatic rings. The lowest BCUT2D eigenvalue weighted by atomic mass is 10.0. The molecule has 3 unspecified atom stereocenters. The van der Waals surface area contributed by atoms with Crippen LogP contribution in [-0.2, 0) is 27.9 Å². The average Bonchev–Trinajstić information content (AvgIpc) is 3.43. The molecule has 3 atom stereocenters. The number of esters is 1. The van der Waals surface area contributed by atoms with Crippen LogP contribution >= 0.6 is 7.82 Å². The van der Waals surface area contributed by atoms with E-state index in [1.165, 1.54) is 276 Å². The summed E-state index contributed by atoms with van der Waals surface area (Å²) in [6.45, 7) is 7.07. The lowest BCUT2D eigenvalue weighted by molar-refractivity contribution is -0.870. The van der Waals surface area contributed by atoms with Gasteiger partial charge in [0.15, 0.2) is 0 Å². The van der Waals surface area contributed by atoms with Crippen molar-refractivity contribution in [2.45, 2.75) is 380 Å². The zero-order valence-corrected chi connectivity index (χ0v) is 56.0. The van der Waals surface area contributed by atoms with E-state index < -0.39 is 20.0 Å². The van der Waals surface area contributed by atoms with Gasteiger partial charge in [0.05, 0.1) is 33.8 Å². The predicted molar refractivity (Wildman–Crippen MR) is 351 cm³/mol. The number of quaternary nitrogens is 1. The third-order valence-electron chi connectivity index (χ3n) is 16.4. The van der Waals surface area contributed by atoms with E-state index in [2.05, 4.69) is 38.2 Å². The molecule has 0 heterocycles. The van der Waals surface area contributed by atoms with Crippen LogP contribution in [0.15, 0.2) is 24.3 Å². The highest BCUT2D eigenvalue weighted by Crippen LogP contribution is 2.43. The van der Waals surface area contributed by atoms with Crippen molar-refractivity contribution < 1.29 is 37.3 Å². The van der Waals surface area contributed by atoms with Crippen LogP contribution in [0.3, 0.4) is 0 Å². The first-order valence-corrected chi connectivity index (χ1v) is 37.2. The van der Waals surface area contributed by atoms with E-state index in [4.69, 9.17) is 13.8 Å². The topological polar surface area (TPSA) is 111 Å². The molecule has 1 amide bonds. The zero-order chi connectivity index (χ0) is 59.3. The number of ether oxygens (including phenoxy) is 1. The van der Waals surface area contributed by atoms with Gasteiger partial charge in [0, 0.05) is 12.8 Å². The minimum atomic E-state index is -4.45. The maximum atomic E-state index is 13.6. The van der Waals surface area contributed by atoms with Crippen LogP contribution in [0, 0.1) is 0 Å². The number of hydrogen-bond acceptors (Lipinski definition) is 6. The van der Waals surface area contributed by atoms with E-state index in [0.29, 0.717) is 23.9 Å². The molecule has 10 heteroatoms. The number of rotatable bonds is 66. The molecule has 0 bridgehead atoms. The third-order valence-corrected chi connectivity index (χ3v) is 17.4. The second kappa shape index (κ2) is 61.6. The van der Waals surface area contributed by atoms with E-state index in [9.17, 15) is 19.0 Å². The van der Waals surface area contributed by atoms with Gasteiger partial charge >= 0.3 is 13.8 Å². The third kappa shape index (κ3) is 62.8. The maximum absolute atomic E-state index is 13.6. The number of allylic oxidation sites excluding steroid dienone is 3. The number of unbranched alkanes of at least 4 members (excludes halogenated alkanes) is 48. The SMILES string of the molecule is CCCCCCCC/C=C/CCCCCCCCCCCCCCCC(=O)NC(COP(=O)(O)OCC[N+](C)(C)C)C(/C=C/CCCCCCCCCCC)OC(=O)CCCCCCCCCCCCCCCCCCCCCCC. The Balaban J connectivity index is 5.00.